The van der Waals surface area contributed by atoms with Gasteiger partial charge >= 0.3 is 0 Å². The first-order chi connectivity index (χ1) is 9.10. The van der Waals surface area contributed by atoms with E-state index in [2.05, 4.69) is 10.6 Å². The molecule has 19 heavy (non-hydrogen) atoms. The molecule has 0 radical (unpaired) electrons. The number of carbonyl (C=O) groups is 1. The van der Waals surface area contributed by atoms with Crippen molar-refractivity contribution in [2.75, 3.05) is 12.4 Å². The minimum Gasteiger partial charge on any atom is -0.382 e. The van der Waals surface area contributed by atoms with Gasteiger partial charge in [0.1, 0.15) is 0 Å². The summed E-state index contributed by atoms with van der Waals surface area (Å²) in [6.07, 6.45) is 4.24. The van der Waals surface area contributed by atoms with Crippen molar-refractivity contribution in [3.63, 3.8) is 0 Å². The van der Waals surface area contributed by atoms with Crippen LogP contribution in [-0.4, -0.2) is 25.0 Å². The fourth-order valence-corrected chi connectivity index (χ4v) is 2.63. The molecule has 1 aromatic carbocycles. The van der Waals surface area contributed by atoms with Gasteiger partial charge in [-0.3, -0.25) is 4.79 Å². The van der Waals surface area contributed by atoms with E-state index in [4.69, 9.17) is 17.3 Å². The summed E-state index contributed by atoms with van der Waals surface area (Å²) in [6, 6.07) is 6.23. The molecule has 1 aliphatic carbocycles. The molecule has 1 saturated carbocycles. The van der Waals surface area contributed by atoms with Crippen molar-refractivity contribution in [2.24, 2.45) is 5.73 Å². The highest BCUT2D eigenvalue weighted by Crippen LogP contribution is 2.24. The average molecular weight is 282 g/mol. The van der Waals surface area contributed by atoms with Gasteiger partial charge in [0.2, 0.25) is 0 Å². The Morgan fingerprint density at radius 3 is 2.63 bits per heavy atom. The predicted molar refractivity (Wildman–Crippen MR) is 78.7 cm³/mol. The molecular weight excluding hydrogens is 262 g/mol. The van der Waals surface area contributed by atoms with Crippen LogP contribution in [0.1, 0.15) is 36.0 Å². The number of carbonyl (C=O) groups excluding carboxylic acids is 1. The molecule has 0 aromatic heterocycles. The fraction of sp³-hybridized carbons (Fsp3) is 0.500. The molecular formula is C14H20ClN3O. The summed E-state index contributed by atoms with van der Waals surface area (Å²) in [5, 5.41) is 6.51. The Labute approximate surface area is 118 Å². The highest BCUT2D eigenvalue weighted by atomic mass is 35.5. The molecule has 5 heteroatoms. The van der Waals surface area contributed by atoms with Crippen molar-refractivity contribution in [3.8, 4) is 0 Å². The topological polar surface area (TPSA) is 67.2 Å². The van der Waals surface area contributed by atoms with Gasteiger partial charge in [-0.05, 0) is 43.9 Å². The quantitative estimate of drug-likeness (QED) is 0.797. The van der Waals surface area contributed by atoms with E-state index in [1.165, 1.54) is 0 Å². The summed E-state index contributed by atoms with van der Waals surface area (Å²) in [5.74, 6) is -0.167. The van der Waals surface area contributed by atoms with Gasteiger partial charge in [-0.1, -0.05) is 11.6 Å². The van der Waals surface area contributed by atoms with E-state index in [0.717, 1.165) is 31.4 Å². The first kappa shape index (κ1) is 14.2. The van der Waals surface area contributed by atoms with E-state index in [0.29, 0.717) is 22.7 Å². The number of halogens is 1. The molecule has 104 valence electrons. The third kappa shape index (κ3) is 3.61. The summed E-state index contributed by atoms with van der Waals surface area (Å²) in [4.78, 5) is 11.7. The predicted octanol–water partition coefficient (Wildman–Crippen LogP) is 2.38. The molecule has 4 nitrogen and oxygen atoms in total. The van der Waals surface area contributed by atoms with Gasteiger partial charge in [-0.2, -0.15) is 0 Å². The lowest BCUT2D eigenvalue weighted by Crippen LogP contribution is -2.32. The Balaban J connectivity index is 2.06. The van der Waals surface area contributed by atoms with Crippen molar-refractivity contribution in [3.05, 3.63) is 28.8 Å². The van der Waals surface area contributed by atoms with Crippen molar-refractivity contribution < 1.29 is 4.79 Å². The molecule has 1 aliphatic rings. The second-order valence-corrected chi connectivity index (χ2v) is 5.44. The van der Waals surface area contributed by atoms with Crippen LogP contribution in [0.4, 0.5) is 5.69 Å². The standard InChI is InChI=1S/C14H20ClN3O/c1-17-14(19)12-8-11(6-7-13(12)15)18-10-4-2-9(16)3-5-10/h6-10,18H,2-5,16H2,1H3,(H,17,19). The van der Waals surface area contributed by atoms with E-state index < -0.39 is 0 Å². The number of nitrogens with one attached hydrogen (secondary N) is 2. The average Bonchev–Trinajstić information content (AvgIpc) is 2.42. The summed E-state index contributed by atoms with van der Waals surface area (Å²) >= 11 is 6.03. The summed E-state index contributed by atoms with van der Waals surface area (Å²) < 4.78 is 0. The summed E-state index contributed by atoms with van der Waals surface area (Å²) in [6.45, 7) is 0. The van der Waals surface area contributed by atoms with Gasteiger partial charge in [-0.15, -0.1) is 0 Å². The number of rotatable bonds is 3. The second-order valence-electron chi connectivity index (χ2n) is 5.03. The van der Waals surface area contributed by atoms with E-state index in [1.54, 1.807) is 19.2 Å². The Hall–Kier alpha value is -1.26. The van der Waals surface area contributed by atoms with Crippen LogP contribution in [0.15, 0.2) is 18.2 Å². The molecule has 0 spiro atoms. The van der Waals surface area contributed by atoms with E-state index in [-0.39, 0.29) is 5.91 Å². The monoisotopic (exact) mass is 281 g/mol. The third-order valence-corrected chi connectivity index (χ3v) is 3.91. The lowest BCUT2D eigenvalue weighted by atomic mass is 9.91. The molecule has 0 saturated heterocycles. The van der Waals surface area contributed by atoms with Gasteiger partial charge in [0.25, 0.3) is 5.91 Å². The van der Waals surface area contributed by atoms with Crippen molar-refractivity contribution >= 4 is 23.2 Å². The molecule has 0 heterocycles. The van der Waals surface area contributed by atoms with Crippen LogP contribution >= 0.6 is 11.6 Å². The van der Waals surface area contributed by atoms with Crippen LogP contribution in [0.3, 0.4) is 0 Å². The van der Waals surface area contributed by atoms with Crippen LogP contribution < -0.4 is 16.4 Å². The molecule has 1 amide bonds. The Morgan fingerprint density at radius 1 is 1.32 bits per heavy atom. The normalized spacial score (nSPS) is 22.9. The highest BCUT2D eigenvalue weighted by molar-refractivity contribution is 6.34. The largest absolute Gasteiger partial charge is 0.382 e. The Bertz CT molecular complexity index is 456. The van der Waals surface area contributed by atoms with Crippen LogP contribution in [0.5, 0.6) is 0 Å². The number of hydrogen-bond acceptors (Lipinski definition) is 3. The molecule has 0 atom stereocenters. The number of benzene rings is 1. The number of nitrogens with two attached hydrogens (primary N) is 1. The Kier molecular flexibility index (Phi) is 4.66. The summed E-state index contributed by atoms with van der Waals surface area (Å²) in [7, 11) is 1.60. The highest BCUT2D eigenvalue weighted by Gasteiger charge is 2.18. The van der Waals surface area contributed by atoms with E-state index in [9.17, 15) is 4.79 Å². The zero-order valence-corrected chi connectivity index (χ0v) is 11.8. The SMILES string of the molecule is CNC(=O)c1cc(NC2CCC(N)CC2)ccc1Cl. The first-order valence-electron chi connectivity index (χ1n) is 6.64. The maximum atomic E-state index is 11.7. The fourth-order valence-electron chi connectivity index (χ4n) is 2.42. The first-order valence-corrected chi connectivity index (χ1v) is 7.01. The minimum atomic E-state index is -0.167. The number of anilines is 1. The molecule has 0 bridgehead atoms. The van der Waals surface area contributed by atoms with Crippen LogP contribution in [0, 0.1) is 0 Å². The van der Waals surface area contributed by atoms with Crippen LogP contribution in [-0.2, 0) is 0 Å². The van der Waals surface area contributed by atoms with Crippen molar-refractivity contribution in [2.45, 2.75) is 37.8 Å². The molecule has 0 unspecified atom stereocenters. The third-order valence-electron chi connectivity index (χ3n) is 3.58. The van der Waals surface area contributed by atoms with Gasteiger partial charge in [0.15, 0.2) is 0 Å². The number of amides is 1. The Morgan fingerprint density at radius 2 is 2.00 bits per heavy atom. The molecule has 2 rings (SSSR count). The lowest BCUT2D eigenvalue weighted by molar-refractivity contribution is 0.0963. The maximum Gasteiger partial charge on any atom is 0.252 e. The van der Waals surface area contributed by atoms with Gasteiger partial charge in [0.05, 0.1) is 10.6 Å². The molecule has 0 aliphatic heterocycles. The zero-order chi connectivity index (χ0) is 13.8. The summed E-state index contributed by atoms with van der Waals surface area (Å²) in [5.41, 5.74) is 7.33. The lowest BCUT2D eigenvalue weighted by Gasteiger charge is -2.27. The van der Waals surface area contributed by atoms with Crippen molar-refractivity contribution in [1.82, 2.24) is 5.32 Å². The van der Waals surface area contributed by atoms with Gasteiger partial charge < -0.3 is 16.4 Å². The molecule has 1 fully saturated rings. The molecule has 4 N–H and O–H groups in total. The van der Waals surface area contributed by atoms with Crippen molar-refractivity contribution in [1.29, 1.82) is 0 Å². The van der Waals surface area contributed by atoms with Gasteiger partial charge in [0, 0.05) is 24.8 Å². The van der Waals surface area contributed by atoms with Crippen LogP contribution in [0.25, 0.3) is 0 Å². The molecule has 1 aromatic rings. The van der Waals surface area contributed by atoms with E-state index >= 15 is 0 Å². The second kappa shape index (κ2) is 6.26. The number of hydrogen-bond donors (Lipinski definition) is 3. The van der Waals surface area contributed by atoms with E-state index in [1.807, 2.05) is 6.07 Å². The minimum absolute atomic E-state index is 0.167. The smallest absolute Gasteiger partial charge is 0.252 e. The van der Waals surface area contributed by atoms with Gasteiger partial charge in [-0.25, -0.2) is 0 Å². The maximum absolute atomic E-state index is 11.7. The zero-order valence-electron chi connectivity index (χ0n) is 11.1. The van der Waals surface area contributed by atoms with Crippen LogP contribution in [0.2, 0.25) is 5.02 Å².